The third-order valence-electron chi connectivity index (χ3n) is 2.33. The number of carbonyl (C=O) groups excluding carboxylic acids is 1. The minimum absolute atomic E-state index is 0.0441. The second-order valence-corrected chi connectivity index (χ2v) is 3.60. The molecule has 4 heteroatoms. The van der Waals surface area contributed by atoms with Crippen LogP contribution in [-0.2, 0) is 9.53 Å². The summed E-state index contributed by atoms with van der Waals surface area (Å²) in [6.07, 6.45) is 5.34. The number of methoxy groups -OCH3 is 1. The summed E-state index contributed by atoms with van der Waals surface area (Å²) in [6.45, 7) is 2.64. The number of carbonyl (C=O) groups is 1. The highest BCUT2D eigenvalue weighted by atomic mass is 16.5. The molecule has 0 fully saturated rings. The Kier molecular flexibility index (Phi) is 9.52. The van der Waals surface area contributed by atoms with Crippen LogP contribution in [0.5, 0.6) is 0 Å². The SMILES string of the molecule is CCCCCCC(NCCO)C(=O)OC. The van der Waals surface area contributed by atoms with Crippen molar-refractivity contribution in [3.05, 3.63) is 0 Å². The summed E-state index contributed by atoms with van der Waals surface area (Å²) in [5.41, 5.74) is 0. The quantitative estimate of drug-likeness (QED) is 0.448. The highest BCUT2D eigenvalue weighted by Gasteiger charge is 2.17. The molecule has 0 amide bonds. The summed E-state index contributed by atoms with van der Waals surface area (Å²) < 4.78 is 4.68. The van der Waals surface area contributed by atoms with E-state index >= 15 is 0 Å². The Balaban J connectivity index is 3.74. The lowest BCUT2D eigenvalue weighted by molar-refractivity contribution is -0.143. The number of esters is 1. The van der Waals surface area contributed by atoms with Gasteiger partial charge in [0.15, 0.2) is 0 Å². The fourth-order valence-corrected chi connectivity index (χ4v) is 1.46. The maximum absolute atomic E-state index is 11.3. The van der Waals surface area contributed by atoms with E-state index in [1.54, 1.807) is 0 Å². The van der Waals surface area contributed by atoms with Gasteiger partial charge in [0, 0.05) is 6.54 Å². The molecule has 0 rings (SSSR count). The molecule has 0 radical (unpaired) electrons. The molecule has 90 valence electrons. The maximum atomic E-state index is 11.3. The lowest BCUT2D eigenvalue weighted by atomic mass is 10.1. The van der Waals surface area contributed by atoms with E-state index in [4.69, 9.17) is 5.11 Å². The van der Waals surface area contributed by atoms with E-state index in [0.717, 1.165) is 19.3 Å². The topological polar surface area (TPSA) is 58.6 Å². The zero-order chi connectivity index (χ0) is 11.5. The molecule has 0 spiro atoms. The minimum atomic E-state index is -0.265. The van der Waals surface area contributed by atoms with Gasteiger partial charge >= 0.3 is 5.97 Å². The van der Waals surface area contributed by atoms with Crippen LogP contribution in [0.1, 0.15) is 39.0 Å². The van der Waals surface area contributed by atoms with Crippen LogP contribution in [0.4, 0.5) is 0 Å². The summed E-state index contributed by atoms with van der Waals surface area (Å²) in [5.74, 6) is -0.236. The maximum Gasteiger partial charge on any atom is 0.322 e. The van der Waals surface area contributed by atoms with E-state index in [1.165, 1.54) is 20.0 Å². The number of unbranched alkanes of at least 4 members (excludes halogenated alkanes) is 3. The van der Waals surface area contributed by atoms with Gasteiger partial charge in [-0.2, -0.15) is 0 Å². The Morgan fingerprint density at radius 2 is 2.13 bits per heavy atom. The molecular formula is C11H23NO3. The van der Waals surface area contributed by atoms with Gasteiger partial charge < -0.3 is 15.2 Å². The van der Waals surface area contributed by atoms with Gasteiger partial charge in [-0.3, -0.25) is 4.79 Å². The average Bonchev–Trinajstić information content (AvgIpc) is 2.27. The smallest absolute Gasteiger partial charge is 0.322 e. The van der Waals surface area contributed by atoms with E-state index in [0.29, 0.717) is 6.54 Å². The number of aliphatic hydroxyl groups excluding tert-OH is 1. The molecule has 0 aromatic carbocycles. The molecule has 4 nitrogen and oxygen atoms in total. The predicted octanol–water partition coefficient (Wildman–Crippen LogP) is 1.08. The van der Waals surface area contributed by atoms with E-state index in [2.05, 4.69) is 17.0 Å². The first-order chi connectivity index (χ1) is 7.26. The normalized spacial score (nSPS) is 12.5. The highest BCUT2D eigenvalue weighted by Crippen LogP contribution is 2.06. The van der Waals surface area contributed by atoms with E-state index in [9.17, 15) is 4.79 Å². The molecule has 0 aromatic rings. The first kappa shape index (κ1) is 14.4. The second kappa shape index (κ2) is 9.93. The van der Waals surface area contributed by atoms with Gasteiger partial charge in [0.1, 0.15) is 6.04 Å². The van der Waals surface area contributed by atoms with Crippen LogP contribution in [-0.4, -0.2) is 37.4 Å². The molecule has 0 heterocycles. The molecule has 0 aliphatic carbocycles. The van der Waals surface area contributed by atoms with Crippen LogP contribution in [0.2, 0.25) is 0 Å². The summed E-state index contributed by atoms with van der Waals surface area (Å²) in [5, 5.41) is 11.6. The first-order valence-corrected chi connectivity index (χ1v) is 5.68. The Morgan fingerprint density at radius 3 is 2.67 bits per heavy atom. The second-order valence-electron chi connectivity index (χ2n) is 3.60. The molecule has 0 aromatic heterocycles. The number of hydrogen-bond donors (Lipinski definition) is 2. The van der Waals surface area contributed by atoms with Crippen molar-refractivity contribution in [2.45, 2.75) is 45.1 Å². The number of aliphatic hydroxyl groups is 1. The van der Waals surface area contributed by atoms with E-state index < -0.39 is 0 Å². The Morgan fingerprint density at radius 1 is 1.40 bits per heavy atom. The van der Waals surface area contributed by atoms with Crippen molar-refractivity contribution >= 4 is 5.97 Å². The fourth-order valence-electron chi connectivity index (χ4n) is 1.46. The molecule has 0 bridgehead atoms. The van der Waals surface area contributed by atoms with Crippen molar-refractivity contribution in [2.75, 3.05) is 20.3 Å². The lowest BCUT2D eigenvalue weighted by Gasteiger charge is -2.15. The average molecular weight is 217 g/mol. The van der Waals surface area contributed by atoms with Crippen LogP contribution < -0.4 is 5.32 Å². The van der Waals surface area contributed by atoms with Gasteiger partial charge in [-0.15, -0.1) is 0 Å². The van der Waals surface area contributed by atoms with Crippen LogP contribution in [0.15, 0.2) is 0 Å². The largest absolute Gasteiger partial charge is 0.468 e. The number of ether oxygens (including phenoxy) is 1. The molecule has 2 N–H and O–H groups in total. The number of rotatable bonds is 9. The summed E-state index contributed by atoms with van der Waals surface area (Å²) in [6, 6.07) is -0.265. The molecular weight excluding hydrogens is 194 g/mol. The molecule has 0 aliphatic rings. The Labute approximate surface area is 92.0 Å². The third kappa shape index (κ3) is 7.33. The van der Waals surface area contributed by atoms with E-state index in [1.807, 2.05) is 0 Å². The molecule has 15 heavy (non-hydrogen) atoms. The van der Waals surface area contributed by atoms with Gasteiger partial charge in [-0.25, -0.2) is 0 Å². The monoisotopic (exact) mass is 217 g/mol. The van der Waals surface area contributed by atoms with Crippen molar-refractivity contribution in [2.24, 2.45) is 0 Å². The van der Waals surface area contributed by atoms with Crippen LogP contribution >= 0.6 is 0 Å². The number of hydrogen-bond acceptors (Lipinski definition) is 4. The van der Waals surface area contributed by atoms with Gasteiger partial charge in [0.25, 0.3) is 0 Å². The Bertz CT molecular complexity index is 162. The van der Waals surface area contributed by atoms with Crippen LogP contribution in [0.25, 0.3) is 0 Å². The first-order valence-electron chi connectivity index (χ1n) is 5.68. The molecule has 0 saturated carbocycles. The van der Waals surface area contributed by atoms with Crippen molar-refractivity contribution in [1.82, 2.24) is 5.32 Å². The zero-order valence-corrected chi connectivity index (χ0v) is 9.79. The highest BCUT2D eigenvalue weighted by molar-refractivity contribution is 5.75. The molecule has 1 unspecified atom stereocenters. The third-order valence-corrected chi connectivity index (χ3v) is 2.33. The zero-order valence-electron chi connectivity index (χ0n) is 9.79. The standard InChI is InChI=1S/C11H23NO3/c1-3-4-5-6-7-10(11(14)15-2)12-8-9-13/h10,12-13H,3-9H2,1-2H3. The summed E-state index contributed by atoms with van der Waals surface area (Å²) in [4.78, 5) is 11.3. The van der Waals surface area contributed by atoms with Crippen molar-refractivity contribution in [1.29, 1.82) is 0 Å². The van der Waals surface area contributed by atoms with Gasteiger partial charge in [-0.1, -0.05) is 32.6 Å². The number of nitrogens with one attached hydrogen (secondary N) is 1. The van der Waals surface area contributed by atoms with Crippen molar-refractivity contribution < 1.29 is 14.6 Å². The fraction of sp³-hybridized carbons (Fsp3) is 0.909. The van der Waals surface area contributed by atoms with Gasteiger partial charge in [0.05, 0.1) is 13.7 Å². The predicted molar refractivity (Wildman–Crippen MR) is 59.7 cm³/mol. The molecule has 1 atom stereocenters. The minimum Gasteiger partial charge on any atom is -0.468 e. The molecule has 0 saturated heterocycles. The Hall–Kier alpha value is -0.610. The lowest BCUT2D eigenvalue weighted by Crippen LogP contribution is -2.39. The van der Waals surface area contributed by atoms with Crippen LogP contribution in [0.3, 0.4) is 0 Å². The molecule has 0 aliphatic heterocycles. The van der Waals surface area contributed by atoms with Gasteiger partial charge in [0.2, 0.25) is 0 Å². The summed E-state index contributed by atoms with van der Waals surface area (Å²) >= 11 is 0. The van der Waals surface area contributed by atoms with E-state index in [-0.39, 0.29) is 18.6 Å². The summed E-state index contributed by atoms with van der Waals surface area (Å²) in [7, 11) is 1.39. The van der Waals surface area contributed by atoms with Crippen LogP contribution in [0, 0.1) is 0 Å². The van der Waals surface area contributed by atoms with Crippen molar-refractivity contribution in [3.8, 4) is 0 Å². The van der Waals surface area contributed by atoms with Crippen molar-refractivity contribution in [3.63, 3.8) is 0 Å². The van der Waals surface area contributed by atoms with Gasteiger partial charge in [-0.05, 0) is 6.42 Å².